The molecule has 0 aromatic carbocycles. The number of aryl methyl sites for hydroxylation is 1. The summed E-state index contributed by atoms with van der Waals surface area (Å²) >= 11 is 1.22. The quantitative estimate of drug-likeness (QED) is 0.806. The highest BCUT2D eigenvalue weighted by molar-refractivity contribution is 7.16. The van der Waals surface area contributed by atoms with Gasteiger partial charge >= 0.3 is 12.1 Å². The van der Waals surface area contributed by atoms with Crippen LogP contribution in [0.25, 0.3) is 0 Å². The molecule has 2 aliphatic rings. The Kier molecular flexibility index (Phi) is 4.05. The Hall–Kier alpha value is -1.71. The molecule has 2 amide bonds. The molecule has 0 radical (unpaired) electrons. The number of hydrogen-bond donors (Lipinski definition) is 2. The van der Waals surface area contributed by atoms with E-state index in [9.17, 15) is 31.5 Å². The normalized spacial score (nSPS) is 24.9. The standard InChI is InChI=1S/C14H13F5N2O2S/c15-13(16)5-8(13)11(22)21-10-4-6-3-7(1-2-9(6)24-10)20-12(23)14(17,18)19/h4,7-8H,1-3,5H2,(H,20,23)(H,21,22)/t7-,8?/m0/s1. The summed E-state index contributed by atoms with van der Waals surface area (Å²) in [6, 6.07) is 0.933. The highest BCUT2D eigenvalue weighted by Crippen LogP contribution is 2.49. The first-order chi connectivity index (χ1) is 11.1. The summed E-state index contributed by atoms with van der Waals surface area (Å²) in [5.41, 5.74) is 0.719. The molecule has 1 saturated carbocycles. The van der Waals surface area contributed by atoms with Crippen LogP contribution < -0.4 is 10.6 Å². The van der Waals surface area contributed by atoms with E-state index in [0.29, 0.717) is 17.8 Å². The summed E-state index contributed by atoms with van der Waals surface area (Å²) in [7, 11) is 0. The minimum absolute atomic E-state index is 0.211. The predicted octanol–water partition coefficient (Wildman–Crippen LogP) is 2.88. The minimum atomic E-state index is -4.93. The van der Waals surface area contributed by atoms with Crippen molar-refractivity contribution in [2.24, 2.45) is 5.92 Å². The second-order valence-electron chi connectivity index (χ2n) is 5.98. The van der Waals surface area contributed by atoms with E-state index in [0.717, 1.165) is 10.4 Å². The van der Waals surface area contributed by atoms with E-state index in [1.54, 1.807) is 6.07 Å². The van der Waals surface area contributed by atoms with Crippen LogP contribution in [0.2, 0.25) is 0 Å². The number of nitrogens with one attached hydrogen (secondary N) is 2. The second kappa shape index (κ2) is 5.68. The molecule has 2 N–H and O–H groups in total. The largest absolute Gasteiger partial charge is 0.471 e. The number of carbonyl (C=O) groups is 2. The van der Waals surface area contributed by atoms with E-state index in [2.05, 4.69) is 5.32 Å². The Morgan fingerprint density at radius 3 is 2.54 bits per heavy atom. The minimum Gasteiger partial charge on any atom is -0.345 e. The molecule has 4 nitrogen and oxygen atoms in total. The van der Waals surface area contributed by atoms with Gasteiger partial charge in [0.05, 0.1) is 5.00 Å². The van der Waals surface area contributed by atoms with Crippen molar-refractivity contribution >= 4 is 28.2 Å². The number of hydrogen-bond acceptors (Lipinski definition) is 3. The first-order valence-electron chi connectivity index (χ1n) is 7.24. The molecule has 24 heavy (non-hydrogen) atoms. The molecule has 1 aromatic heterocycles. The smallest absolute Gasteiger partial charge is 0.345 e. The Labute approximate surface area is 137 Å². The zero-order chi connectivity index (χ0) is 17.7. The SMILES string of the molecule is O=C(Nc1cc2c(s1)CC[C@H](NC(=O)C(F)(F)F)C2)C1CC1(F)F. The maximum atomic E-state index is 12.9. The average molecular weight is 368 g/mol. The number of rotatable bonds is 3. The molecule has 0 saturated heterocycles. The predicted molar refractivity (Wildman–Crippen MR) is 76.0 cm³/mol. The van der Waals surface area contributed by atoms with Gasteiger partial charge in [-0.25, -0.2) is 8.78 Å². The molecule has 10 heteroatoms. The van der Waals surface area contributed by atoms with Crippen LogP contribution in [-0.4, -0.2) is 30.0 Å². The van der Waals surface area contributed by atoms with Gasteiger partial charge in [-0.3, -0.25) is 9.59 Å². The zero-order valence-electron chi connectivity index (χ0n) is 12.2. The molecular formula is C14H13F5N2O2S. The summed E-state index contributed by atoms with van der Waals surface area (Å²) in [5.74, 6) is -6.99. The number of alkyl halides is 5. The molecule has 0 spiro atoms. The lowest BCUT2D eigenvalue weighted by Gasteiger charge is -2.23. The van der Waals surface area contributed by atoms with Gasteiger partial charge in [-0.05, 0) is 30.9 Å². The van der Waals surface area contributed by atoms with Crippen molar-refractivity contribution in [3.05, 3.63) is 16.5 Å². The van der Waals surface area contributed by atoms with Gasteiger partial charge in [-0.15, -0.1) is 11.3 Å². The lowest BCUT2D eigenvalue weighted by atomic mass is 9.94. The van der Waals surface area contributed by atoms with E-state index in [1.807, 2.05) is 5.32 Å². The van der Waals surface area contributed by atoms with Gasteiger partial charge in [0, 0.05) is 17.3 Å². The summed E-state index contributed by atoms with van der Waals surface area (Å²) in [4.78, 5) is 23.5. The van der Waals surface area contributed by atoms with Crippen molar-refractivity contribution in [2.45, 2.75) is 43.8 Å². The van der Waals surface area contributed by atoms with Gasteiger partial charge in [0.25, 0.3) is 5.92 Å². The van der Waals surface area contributed by atoms with E-state index in [4.69, 9.17) is 0 Å². The molecule has 0 aliphatic heterocycles. The number of carbonyl (C=O) groups excluding carboxylic acids is 2. The van der Waals surface area contributed by atoms with Gasteiger partial charge in [-0.2, -0.15) is 13.2 Å². The summed E-state index contributed by atoms with van der Waals surface area (Å²) in [5, 5.41) is 4.77. The van der Waals surface area contributed by atoms with E-state index in [1.165, 1.54) is 11.3 Å². The Morgan fingerprint density at radius 1 is 1.29 bits per heavy atom. The Bertz CT molecular complexity index is 685. The molecule has 1 fully saturated rings. The van der Waals surface area contributed by atoms with Gasteiger partial charge in [0.15, 0.2) is 0 Å². The monoisotopic (exact) mass is 368 g/mol. The number of thiophene rings is 1. The fourth-order valence-corrected chi connectivity index (χ4v) is 3.79. The van der Waals surface area contributed by atoms with Crippen LogP contribution in [0.3, 0.4) is 0 Å². The van der Waals surface area contributed by atoms with Gasteiger partial charge in [-0.1, -0.05) is 0 Å². The topological polar surface area (TPSA) is 58.2 Å². The van der Waals surface area contributed by atoms with Crippen LogP contribution in [0, 0.1) is 5.92 Å². The molecule has 1 heterocycles. The van der Waals surface area contributed by atoms with Crippen LogP contribution in [0.1, 0.15) is 23.3 Å². The molecular weight excluding hydrogens is 355 g/mol. The van der Waals surface area contributed by atoms with Crippen LogP contribution in [0.15, 0.2) is 6.07 Å². The maximum Gasteiger partial charge on any atom is 0.471 e. The molecule has 1 unspecified atom stereocenters. The Morgan fingerprint density at radius 2 is 1.96 bits per heavy atom. The third kappa shape index (κ3) is 3.52. The summed E-state index contributed by atoms with van der Waals surface area (Å²) in [6.45, 7) is 0. The first-order valence-corrected chi connectivity index (χ1v) is 8.06. The van der Waals surface area contributed by atoms with E-state index in [-0.39, 0.29) is 6.42 Å². The second-order valence-corrected chi connectivity index (χ2v) is 7.11. The van der Waals surface area contributed by atoms with Crippen molar-refractivity contribution in [3.63, 3.8) is 0 Å². The lowest BCUT2D eigenvalue weighted by Crippen LogP contribution is -2.45. The third-order valence-corrected chi connectivity index (χ3v) is 5.22. The van der Waals surface area contributed by atoms with Crippen molar-refractivity contribution < 1.29 is 31.5 Å². The van der Waals surface area contributed by atoms with Crippen molar-refractivity contribution in [1.82, 2.24) is 5.32 Å². The summed E-state index contributed by atoms with van der Waals surface area (Å²) < 4.78 is 62.5. The fourth-order valence-electron chi connectivity index (χ4n) is 2.68. The summed E-state index contributed by atoms with van der Waals surface area (Å²) in [6.07, 6.45) is -4.37. The van der Waals surface area contributed by atoms with Crippen molar-refractivity contribution in [1.29, 1.82) is 0 Å². The fraction of sp³-hybridized carbons (Fsp3) is 0.571. The number of halogens is 5. The van der Waals surface area contributed by atoms with E-state index >= 15 is 0 Å². The molecule has 2 aliphatic carbocycles. The molecule has 3 rings (SSSR count). The maximum absolute atomic E-state index is 12.9. The Balaban J connectivity index is 1.61. The molecule has 0 bridgehead atoms. The van der Waals surface area contributed by atoms with Crippen LogP contribution in [0.4, 0.5) is 27.0 Å². The third-order valence-electron chi connectivity index (χ3n) is 4.06. The number of anilines is 1. The lowest BCUT2D eigenvalue weighted by molar-refractivity contribution is -0.174. The van der Waals surface area contributed by atoms with Gasteiger partial charge < -0.3 is 10.6 Å². The average Bonchev–Trinajstić information content (AvgIpc) is 2.91. The van der Waals surface area contributed by atoms with Gasteiger partial charge in [0.1, 0.15) is 5.92 Å². The first kappa shape index (κ1) is 17.1. The zero-order valence-corrected chi connectivity index (χ0v) is 13.0. The highest BCUT2D eigenvalue weighted by atomic mass is 32.1. The molecule has 132 valence electrons. The van der Waals surface area contributed by atoms with Gasteiger partial charge in [0.2, 0.25) is 5.91 Å². The van der Waals surface area contributed by atoms with Crippen LogP contribution >= 0.6 is 11.3 Å². The van der Waals surface area contributed by atoms with Crippen LogP contribution in [0.5, 0.6) is 0 Å². The number of fused-ring (bicyclic) bond motifs is 1. The van der Waals surface area contributed by atoms with Crippen molar-refractivity contribution in [2.75, 3.05) is 5.32 Å². The molecule has 2 atom stereocenters. The van der Waals surface area contributed by atoms with Crippen molar-refractivity contribution in [3.8, 4) is 0 Å². The number of amides is 2. The van der Waals surface area contributed by atoms with E-state index < -0.39 is 42.3 Å². The highest BCUT2D eigenvalue weighted by Gasteiger charge is 2.61. The van der Waals surface area contributed by atoms with Crippen LogP contribution in [-0.2, 0) is 22.4 Å². The molecule has 1 aromatic rings.